The van der Waals surface area contributed by atoms with Crippen LogP contribution < -0.4 is 11.1 Å². The van der Waals surface area contributed by atoms with Gasteiger partial charge in [-0.25, -0.2) is 4.98 Å². The lowest BCUT2D eigenvalue weighted by Crippen LogP contribution is -2.28. The van der Waals surface area contributed by atoms with Crippen LogP contribution in [0.2, 0.25) is 5.02 Å². The molecule has 3 aromatic rings. The second-order valence-corrected chi connectivity index (χ2v) is 7.48. The van der Waals surface area contributed by atoms with Crippen LogP contribution in [-0.2, 0) is 9.59 Å². The fourth-order valence-corrected chi connectivity index (χ4v) is 3.30. The molecule has 1 heterocycles. The molecule has 0 saturated carbocycles. The SMILES string of the molecule is N#Cc1c(-c2ccc(Cl)c(NC(=O)C(O)CCC(=O)O)c2)cc(-c2ccccc2O)nc1N. The van der Waals surface area contributed by atoms with Crippen LogP contribution in [0.1, 0.15) is 18.4 Å². The van der Waals surface area contributed by atoms with E-state index < -0.39 is 18.0 Å². The number of halogens is 1. The molecule has 3 rings (SSSR count). The molecule has 2 aromatic carbocycles. The number of phenols is 1. The van der Waals surface area contributed by atoms with E-state index in [1.807, 2.05) is 6.07 Å². The van der Waals surface area contributed by atoms with Crippen LogP contribution in [0.25, 0.3) is 22.4 Å². The highest BCUT2D eigenvalue weighted by Gasteiger charge is 2.19. The monoisotopic (exact) mass is 466 g/mol. The van der Waals surface area contributed by atoms with Crippen molar-refractivity contribution < 1.29 is 24.9 Å². The Bertz CT molecular complexity index is 1270. The van der Waals surface area contributed by atoms with Crippen LogP contribution in [0.3, 0.4) is 0 Å². The normalized spacial score (nSPS) is 11.4. The number of nitrogens with two attached hydrogens (primary N) is 1. The minimum atomic E-state index is -1.54. The molecule has 9 nitrogen and oxygen atoms in total. The summed E-state index contributed by atoms with van der Waals surface area (Å²) in [6, 6.07) is 14.7. The number of aromatic nitrogens is 1. The van der Waals surface area contributed by atoms with E-state index in [-0.39, 0.29) is 40.7 Å². The van der Waals surface area contributed by atoms with E-state index in [1.165, 1.54) is 18.2 Å². The first kappa shape index (κ1) is 23.5. The number of aliphatic hydroxyl groups excluding tert-OH is 1. The van der Waals surface area contributed by atoms with Crippen molar-refractivity contribution >= 4 is 35.0 Å². The summed E-state index contributed by atoms with van der Waals surface area (Å²) in [5.74, 6) is -2.02. The minimum absolute atomic E-state index is 0.0144. The predicted molar refractivity (Wildman–Crippen MR) is 122 cm³/mol. The molecule has 0 aliphatic rings. The third-order valence-corrected chi connectivity index (χ3v) is 5.14. The van der Waals surface area contributed by atoms with Gasteiger partial charge < -0.3 is 26.4 Å². The van der Waals surface area contributed by atoms with E-state index in [2.05, 4.69) is 10.3 Å². The molecule has 168 valence electrons. The number of carboxylic acids is 1. The van der Waals surface area contributed by atoms with Crippen molar-refractivity contribution in [2.75, 3.05) is 11.1 Å². The smallest absolute Gasteiger partial charge is 0.303 e. The third-order valence-electron chi connectivity index (χ3n) is 4.81. The van der Waals surface area contributed by atoms with Crippen molar-refractivity contribution in [2.45, 2.75) is 18.9 Å². The quantitative estimate of drug-likeness (QED) is 0.352. The predicted octanol–water partition coefficient (Wildman–Crippen LogP) is 3.39. The van der Waals surface area contributed by atoms with Gasteiger partial charge in [0.05, 0.1) is 16.4 Å². The van der Waals surface area contributed by atoms with Gasteiger partial charge in [-0.2, -0.15) is 5.26 Å². The lowest BCUT2D eigenvalue weighted by Gasteiger charge is -2.15. The van der Waals surface area contributed by atoms with Gasteiger partial charge in [0, 0.05) is 17.5 Å². The second-order valence-electron chi connectivity index (χ2n) is 7.08. The summed E-state index contributed by atoms with van der Waals surface area (Å²) in [6.07, 6.45) is -2.18. The Morgan fingerprint density at radius 3 is 2.58 bits per heavy atom. The molecule has 1 unspecified atom stereocenters. The van der Waals surface area contributed by atoms with E-state index in [4.69, 9.17) is 22.4 Å². The van der Waals surface area contributed by atoms with Gasteiger partial charge in [-0.1, -0.05) is 29.8 Å². The number of aromatic hydroxyl groups is 1. The van der Waals surface area contributed by atoms with Crippen molar-refractivity contribution in [3.63, 3.8) is 0 Å². The maximum absolute atomic E-state index is 12.3. The number of nitrogens with one attached hydrogen (secondary N) is 1. The highest BCUT2D eigenvalue weighted by molar-refractivity contribution is 6.33. The molecular weight excluding hydrogens is 448 g/mol. The minimum Gasteiger partial charge on any atom is -0.507 e. The van der Waals surface area contributed by atoms with Crippen LogP contribution in [0.5, 0.6) is 5.75 Å². The zero-order valence-corrected chi connectivity index (χ0v) is 17.9. The zero-order valence-electron chi connectivity index (χ0n) is 17.1. The molecule has 33 heavy (non-hydrogen) atoms. The molecule has 0 aliphatic carbocycles. The van der Waals surface area contributed by atoms with Crippen LogP contribution in [0, 0.1) is 11.3 Å². The maximum Gasteiger partial charge on any atom is 0.303 e. The number of carbonyl (C=O) groups excluding carboxylic acids is 1. The number of nitrogens with zero attached hydrogens (tertiary/aromatic N) is 2. The van der Waals surface area contributed by atoms with E-state index in [0.717, 1.165) is 0 Å². The average Bonchev–Trinajstić information content (AvgIpc) is 2.78. The number of phenolic OH excluding ortho intramolecular Hbond substituents is 1. The number of pyridine rings is 1. The standard InChI is InChI=1S/C23H19ClN4O5/c24-16-6-5-12(9-18(16)28-23(33)20(30)7-8-21(31)32)14-10-17(27-22(26)15(14)11-25)13-3-1-2-4-19(13)29/h1-6,9-10,20,29-30H,7-8H2,(H2,26,27)(H,28,33)(H,31,32). The Kier molecular flexibility index (Phi) is 7.13. The second kappa shape index (κ2) is 9.99. The topological polar surface area (TPSA) is 170 Å². The van der Waals surface area contributed by atoms with Gasteiger partial charge in [0.25, 0.3) is 5.91 Å². The van der Waals surface area contributed by atoms with Gasteiger partial charge >= 0.3 is 5.97 Å². The third kappa shape index (κ3) is 5.38. The Morgan fingerprint density at radius 1 is 1.18 bits per heavy atom. The highest BCUT2D eigenvalue weighted by atomic mass is 35.5. The van der Waals surface area contributed by atoms with Crippen molar-refractivity contribution in [1.82, 2.24) is 4.98 Å². The number of carbonyl (C=O) groups is 2. The Hall–Kier alpha value is -4.13. The van der Waals surface area contributed by atoms with Crippen LogP contribution in [-0.4, -0.2) is 38.3 Å². The Morgan fingerprint density at radius 2 is 1.91 bits per heavy atom. The average molecular weight is 467 g/mol. The highest BCUT2D eigenvalue weighted by Crippen LogP contribution is 2.36. The van der Waals surface area contributed by atoms with Crippen LogP contribution in [0.15, 0.2) is 48.5 Å². The fourth-order valence-electron chi connectivity index (χ4n) is 3.13. The summed E-state index contributed by atoms with van der Waals surface area (Å²) in [6.45, 7) is 0. The number of benzene rings is 2. The number of nitriles is 1. The van der Waals surface area contributed by atoms with E-state index in [0.29, 0.717) is 22.4 Å². The summed E-state index contributed by atoms with van der Waals surface area (Å²) in [7, 11) is 0. The van der Waals surface area contributed by atoms with Crippen molar-refractivity contribution in [3.05, 3.63) is 59.1 Å². The molecular formula is C23H19ClN4O5. The number of anilines is 2. The molecule has 0 spiro atoms. The van der Waals surface area contributed by atoms with Gasteiger partial charge in [0.1, 0.15) is 29.3 Å². The molecule has 1 atom stereocenters. The number of aliphatic hydroxyl groups is 1. The van der Waals surface area contributed by atoms with Gasteiger partial charge in [-0.05, 0) is 42.3 Å². The van der Waals surface area contributed by atoms with Gasteiger partial charge in [0.2, 0.25) is 0 Å². The van der Waals surface area contributed by atoms with Crippen molar-refractivity contribution in [3.8, 4) is 34.2 Å². The Balaban J connectivity index is 2.01. The first-order valence-corrected chi connectivity index (χ1v) is 10.1. The van der Waals surface area contributed by atoms with Gasteiger partial charge in [-0.15, -0.1) is 0 Å². The van der Waals surface area contributed by atoms with E-state index in [9.17, 15) is 25.1 Å². The molecule has 6 N–H and O–H groups in total. The molecule has 1 amide bonds. The summed E-state index contributed by atoms with van der Waals surface area (Å²) >= 11 is 6.19. The largest absolute Gasteiger partial charge is 0.507 e. The van der Waals surface area contributed by atoms with E-state index in [1.54, 1.807) is 30.3 Å². The maximum atomic E-state index is 12.3. The van der Waals surface area contributed by atoms with Crippen molar-refractivity contribution in [2.24, 2.45) is 0 Å². The lowest BCUT2D eigenvalue weighted by atomic mass is 9.97. The molecule has 0 aliphatic heterocycles. The number of nitrogen functional groups attached to an aromatic ring is 1. The number of aliphatic carboxylic acids is 1. The van der Waals surface area contributed by atoms with Crippen molar-refractivity contribution in [1.29, 1.82) is 5.26 Å². The number of rotatable bonds is 7. The molecule has 0 saturated heterocycles. The number of hydrogen-bond donors (Lipinski definition) is 5. The number of hydrogen-bond acceptors (Lipinski definition) is 7. The fraction of sp³-hybridized carbons (Fsp3) is 0.130. The van der Waals surface area contributed by atoms with Crippen LogP contribution in [0.4, 0.5) is 11.5 Å². The number of para-hydroxylation sites is 1. The first-order chi connectivity index (χ1) is 15.7. The Labute approximate surface area is 193 Å². The van der Waals surface area contributed by atoms with Crippen LogP contribution >= 0.6 is 11.6 Å². The summed E-state index contributed by atoms with van der Waals surface area (Å²) < 4.78 is 0. The number of amides is 1. The number of carboxylic acid groups (broad SMARTS) is 1. The molecule has 0 fully saturated rings. The molecule has 0 bridgehead atoms. The molecule has 1 aromatic heterocycles. The van der Waals surface area contributed by atoms with E-state index >= 15 is 0 Å². The van der Waals surface area contributed by atoms with Gasteiger partial charge in [-0.3, -0.25) is 9.59 Å². The summed E-state index contributed by atoms with van der Waals surface area (Å²) in [5.41, 5.74) is 7.87. The lowest BCUT2D eigenvalue weighted by molar-refractivity contribution is -0.138. The molecule has 10 heteroatoms. The summed E-state index contributed by atoms with van der Waals surface area (Å²) in [5, 5.41) is 41.1. The summed E-state index contributed by atoms with van der Waals surface area (Å²) in [4.78, 5) is 27.1. The van der Waals surface area contributed by atoms with Gasteiger partial charge in [0.15, 0.2) is 0 Å². The zero-order chi connectivity index (χ0) is 24.1. The first-order valence-electron chi connectivity index (χ1n) is 9.71. The molecule has 0 radical (unpaired) electrons.